The predicted octanol–water partition coefficient (Wildman–Crippen LogP) is 2.91. The number of rotatable bonds is 7. The average Bonchev–Trinajstić information content (AvgIpc) is 2.40. The molecule has 1 aromatic carbocycles. The molecule has 4 nitrogen and oxygen atoms in total. The van der Waals surface area contributed by atoms with Crippen molar-refractivity contribution >= 4 is 12.1 Å². The molecule has 0 aliphatic rings. The monoisotopic (exact) mass is 280 g/mol. The van der Waals surface area contributed by atoms with Crippen molar-refractivity contribution in [2.75, 3.05) is 13.2 Å². The molecule has 0 aromatic heterocycles. The summed E-state index contributed by atoms with van der Waals surface area (Å²) < 4.78 is 18.6. The van der Waals surface area contributed by atoms with Gasteiger partial charge in [0.1, 0.15) is 5.82 Å². The van der Waals surface area contributed by atoms with Crippen molar-refractivity contribution < 1.29 is 13.9 Å². The minimum Gasteiger partial charge on any atom is -0.379 e. The van der Waals surface area contributed by atoms with Crippen LogP contribution in [0.5, 0.6) is 0 Å². The molecule has 0 aliphatic carbocycles. The van der Waals surface area contributed by atoms with Crippen LogP contribution >= 0.6 is 0 Å². The first kappa shape index (κ1) is 16.2. The largest absolute Gasteiger partial charge is 0.379 e. The molecular weight excluding hydrogens is 259 g/mol. The first-order valence-electron chi connectivity index (χ1n) is 6.66. The van der Waals surface area contributed by atoms with Gasteiger partial charge in [0.2, 0.25) is 0 Å². The van der Waals surface area contributed by atoms with Gasteiger partial charge in [-0.25, -0.2) is 9.18 Å². The molecule has 2 N–H and O–H groups in total. The number of hydrogen-bond donors (Lipinski definition) is 2. The van der Waals surface area contributed by atoms with Gasteiger partial charge in [-0.3, -0.25) is 0 Å². The Balaban J connectivity index is 2.18. The van der Waals surface area contributed by atoms with Crippen LogP contribution in [-0.2, 0) is 4.74 Å². The Morgan fingerprint density at radius 1 is 1.40 bits per heavy atom. The first-order valence-corrected chi connectivity index (χ1v) is 6.66. The second kappa shape index (κ2) is 9.09. The van der Waals surface area contributed by atoms with Crippen LogP contribution in [-0.4, -0.2) is 25.3 Å². The Morgan fingerprint density at radius 2 is 2.15 bits per heavy atom. The summed E-state index contributed by atoms with van der Waals surface area (Å²) in [6, 6.07) is 6.04. The maximum absolute atomic E-state index is 13.3. The van der Waals surface area contributed by atoms with Gasteiger partial charge >= 0.3 is 6.03 Å². The minimum atomic E-state index is -0.322. The van der Waals surface area contributed by atoms with Gasteiger partial charge in [0.05, 0.1) is 6.10 Å². The summed E-state index contributed by atoms with van der Waals surface area (Å²) in [5, 5.41) is 5.20. The van der Waals surface area contributed by atoms with Crippen molar-refractivity contribution in [1.82, 2.24) is 10.6 Å². The number of hydrogen-bond acceptors (Lipinski definition) is 2. The van der Waals surface area contributed by atoms with E-state index in [1.54, 1.807) is 18.2 Å². The van der Waals surface area contributed by atoms with E-state index in [1.165, 1.54) is 18.3 Å². The van der Waals surface area contributed by atoms with Crippen molar-refractivity contribution in [2.24, 2.45) is 0 Å². The van der Waals surface area contributed by atoms with Gasteiger partial charge in [-0.05, 0) is 32.4 Å². The third kappa shape index (κ3) is 6.89. The Kier molecular flexibility index (Phi) is 7.35. The van der Waals surface area contributed by atoms with Gasteiger partial charge in [-0.15, -0.1) is 0 Å². The number of amides is 2. The molecule has 0 aliphatic heterocycles. The third-order valence-electron chi connectivity index (χ3n) is 2.44. The van der Waals surface area contributed by atoms with E-state index in [-0.39, 0.29) is 18.0 Å². The van der Waals surface area contributed by atoms with Crippen LogP contribution in [0.15, 0.2) is 30.5 Å². The average molecular weight is 280 g/mol. The number of urea groups is 1. The zero-order chi connectivity index (χ0) is 14.8. The lowest BCUT2D eigenvalue weighted by Crippen LogP contribution is -2.33. The zero-order valence-electron chi connectivity index (χ0n) is 11.9. The minimum absolute atomic E-state index is 0.201. The Labute approximate surface area is 119 Å². The van der Waals surface area contributed by atoms with E-state index in [0.717, 1.165) is 6.42 Å². The Morgan fingerprint density at radius 3 is 2.85 bits per heavy atom. The van der Waals surface area contributed by atoms with Gasteiger partial charge in [-0.2, -0.15) is 0 Å². The standard InChI is InChI=1S/C15H21FN2O2/c1-12(2)20-11-5-9-17-15(19)18-10-8-13-6-3-4-7-14(13)16/h3-4,6-8,10,12H,5,9,11H2,1-2H3,(H2,17,18,19)/b10-8+. The van der Waals surface area contributed by atoms with Gasteiger partial charge in [-0.1, -0.05) is 18.2 Å². The van der Waals surface area contributed by atoms with E-state index in [0.29, 0.717) is 18.7 Å². The van der Waals surface area contributed by atoms with Crippen molar-refractivity contribution in [3.05, 3.63) is 41.8 Å². The highest BCUT2D eigenvalue weighted by Crippen LogP contribution is 2.07. The van der Waals surface area contributed by atoms with Crippen LogP contribution in [0.3, 0.4) is 0 Å². The zero-order valence-corrected chi connectivity index (χ0v) is 11.9. The molecule has 1 rings (SSSR count). The van der Waals surface area contributed by atoms with Crippen LogP contribution in [0.4, 0.5) is 9.18 Å². The lowest BCUT2D eigenvalue weighted by molar-refractivity contribution is 0.0774. The van der Waals surface area contributed by atoms with Crippen LogP contribution in [0, 0.1) is 5.82 Å². The summed E-state index contributed by atoms with van der Waals surface area (Å²) >= 11 is 0. The molecule has 0 atom stereocenters. The van der Waals surface area contributed by atoms with Crippen molar-refractivity contribution in [1.29, 1.82) is 0 Å². The second-order valence-electron chi connectivity index (χ2n) is 4.53. The smallest absolute Gasteiger partial charge is 0.318 e. The molecule has 0 unspecified atom stereocenters. The van der Waals surface area contributed by atoms with Crippen LogP contribution < -0.4 is 10.6 Å². The Bertz CT molecular complexity index is 447. The highest BCUT2D eigenvalue weighted by atomic mass is 19.1. The normalized spacial score (nSPS) is 11.0. The molecule has 0 spiro atoms. The highest BCUT2D eigenvalue weighted by Gasteiger charge is 1.98. The fourth-order valence-electron chi connectivity index (χ4n) is 1.46. The molecule has 20 heavy (non-hydrogen) atoms. The Hall–Kier alpha value is -1.88. The molecule has 0 fully saturated rings. The molecule has 110 valence electrons. The lowest BCUT2D eigenvalue weighted by atomic mass is 10.2. The summed E-state index contributed by atoms with van der Waals surface area (Å²) in [5.41, 5.74) is 0.429. The topological polar surface area (TPSA) is 50.4 Å². The maximum Gasteiger partial charge on any atom is 0.318 e. The molecule has 0 saturated heterocycles. The van der Waals surface area contributed by atoms with E-state index < -0.39 is 0 Å². The second-order valence-corrected chi connectivity index (χ2v) is 4.53. The summed E-state index contributed by atoms with van der Waals surface area (Å²) in [7, 11) is 0. The molecule has 0 bridgehead atoms. The number of carbonyl (C=O) groups is 1. The van der Waals surface area contributed by atoms with Crippen molar-refractivity contribution in [3.8, 4) is 0 Å². The summed E-state index contributed by atoms with van der Waals surface area (Å²) in [4.78, 5) is 11.4. The van der Waals surface area contributed by atoms with Crippen LogP contribution in [0.1, 0.15) is 25.8 Å². The molecule has 0 saturated carbocycles. The quantitative estimate of drug-likeness (QED) is 0.754. The van der Waals surface area contributed by atoms with Gasteiger partial charge in [0.25, 0.3) is 0 Å². The molecule has 0 radical (unpaired) electrons. The number of carbonyl (C=O) groups excluding carboxylic acids is 1. The fraction of sp³-hybridized carbons (Fsp3) is 0.400. The van der Waals surface area contributed by atoms with E-state index >= 15 is 0 Å². The first-order chi connectivity index (χ1) is 9.59. The van der Waals surface area contributed by atoms with E-state index in [1.807, 2.05) is 13.8 Å². The maximum atomic E-state index is 13.3. The van der Waals surface area contributed by atoms with Gasteiger partial charge in [0, 0.05) is 24.9 Å². The SMILES string of the molecule is CC(C)OCCCNC(=O)N/C=C/c1ccccc1F. The summed E-state index contributed by atoms with van der Waals surface area (Å²) in [5.74, 6) is -0.322. The molecule has 5 heteroatoms. The molecule has 2 amide bonds. The van der Waals surface area contributed by atoms with E-state index in [4.69, 9.17) is 4.74 Å². The predicted molar refractivity (Wildman–Crippen MR) is 77.7 cm³/mol. The van der Waals surface area contributed by atoms with Crippen LogP contribution in [0.25, 0.3) is 6.08 Å². The third-order valence-corrected chi connectivity index (χ3v) is 2.44. The molecule has 0 heterocycles. The van der Waals surface area contributed by atoms with E-state index in [2.05, 4.69) is 10.6 Å². The summed E-state index contributed by atoms with van der Waals surface area (Å²) in [6.45, 7) is 5.08. The number of ether oxygens (including phenoxy) is 1. The van der Waals surface area contributed by atoms with Crippen LogP contribution in [0.2, 0.25) is 0 Å². The fourth-order valence-corrected chi connectivity index (χ4v) is 1.46. The van der Waals surface area contributed by atoms with Crippen molar-refractivity contribution in [2.45, 2.75) is 26.4 Å². The van der Waals surface area contributed by atoms with Gasteiger partial charge in [0.15, 0.2) is 0 Å². The molecule has 1 aromatic rings. The summed E-state index contributed by atoms with van der Waals surface area (Å²) in [6.07, 6.45) is 3.88. The van der Waals surface area contributed by atoms with E-state index in [9.17, 15) is 9.18 Å². The molecular formula is C15H21FN2O2. The number of nitrogens with one attached hydrogen (secondary N) is 2. The van der Waals surface area contributed by atoms with Gasteiger partial charge < -0.3 is 15.4 Å². The number of benzene rings is 1. The number of halogens is 1. The van der Waals surface area contributed by atoms with Crippen molar-refractivity contribution in [3.63, 3.8) is 0 Å². The lowest BCUT2D eigenvalue weighted by Gasteiger charge is -2.07. The highest BCUT2D eigenvalue weighted by molar-refractivity contribution is 5.75.